The lowest BCUT2D eigenvalue weighted by atomic mass is 10.1. The molecular weight excluding hydrogens is 549 g/mol. The van der Waals surface area contributed by atoms with Crippen molar-refractivity contribution < 1.29 is 37.0 Å². The van der Waals surface area contributed by atoms with Gasteiger partial charge in [0.05, 0.1) is 24.4 Å². The first kappa shape index (κ1) is 30.1. The Morgan fingerprint density at radius 3 is 2.19 bits per heavy atom. The Bertz CT molecular complexity index is 1440. The second-order valence-electron chi connectivity index (χ2n) is 9.13. The average molecular weight is 579 g/mol. The van der Waals surface area contributed by atoms with E-state index in [0.717, 1.165) is 29.0 Å². The number of hydrogen-bond donors (Lipinski definition) is 1. The summed E-state index contributed by atoms with van der Waals surface area (Å²) in [5, 5.41) is 2.82. The van der Waals surface area contributed by atoms with E-state index >= 15 is 0 Å². The molecule has 1 heterocycles. The predicted molar refractivity (Wildman–Crippen MR) is 150 cm³/mol. The number of halogens is 3. The van der Waals surface area contributed by atoms with Gasteiger partial charge in [-0.1, -0.05) is 30.3 Å². The molecule has 0 saturated carbocycles. The molecule has 4 aromatic rings. The highest BCUT2D eigenvalue weighted by Crippen LogP contribution is 2.30. The lowest BCUT2D eigenvalue weighted by Gasteiger charge is -2.18. The minimum Gasteiger partial charge on any atom is -0.492 e. The molecule has 1 amide bonds. The largest absolute Gasteiger partial charge is 0.492 e. The van der Waals surface area contributed by atoms with Crippen LogP contribution in [0.2, 0.25) is 0 Å². The van der Waals surface area contributed by atoms with E-state index in [9.17, 15) is 22.8 Å². The minimum atomic E-state index is -4.47. The summed E-state index contributed by atoms with van der Waals surface area (Å²) < 4.78 is 55.0. The van der Waals surface area contributed by atoms with Crippen molar-refractivity contribution in [2.75, 3.05) is 19.8 Å². The molecule has 7 nitrogen and oxygen atoms in total. The van der Waals surface area contributed by atoms with Gasteiger partial charge in [-0.3, -0.25) is 9.78 Å². The lowest BCUT2D eigenvalue weighted by molar-refractivity contribution is -0.151. The number of rotatable bonds is 12. The fourth-order valence-corrected chi connectivity index (χ4v) is 3.99. The van der Waals surface area contributed by atoms with E-state index in [1.54, 1.807) is 49.5 Å². The molecule has 0 bridgehead atoms. The van der Waals surface area contributed by atoms with E-state index in [1.165, 1.54) is 12.1 Å². The first-order valence-corrected chi connectivity index (χ1v) is 13.2. The number of pyridine rings is 1. The maximum Gasteiger partial charge on any atom is 0.416 e. The molecule has 0 aliphatic heterocycles. The zero-order valence-electron chi connectivity index (χ0n) is 22.8. The summed E-state index contributed by atoms with van der Waals surface area (Å²) in [6.45, 7) is 2.31. The first-order valence-electron chi connectivity index (χ1n) is 13.2. The fraction of sp³-hybridized carbons (Fsp3) is 0.219. The maximum absolute atomic E-state index is 12.9. The Morgan fingerprint density at radius 1 is 0.881 bits per heavy atom. The van der Waals surface area contributed by atoms with E-state index in [-0.39, 0.29) is 37.8 Å². The quantitative estimate of drug-likeness (QED) is 0.161. The first-order chi connectivity index (χ1) is 20.2. The average Bonchev–Trinajstić information content (AvgIpc) is 3.00. The SMILES string of the molecule is CCOC(=O)C(Cc1ccc(OCCNC(=O)c2ccc(-c3ccccn3)cc2)cc1)Oc1ccc(C(F)(F)F)cc1. The summed E-state index contributed by atoms with van der Waals surface area (Å²) in [4.78, 5) is 29.2. The van der Waals surface area contributed by atoms with Crippen molar-refractivity contribution in [2.24, 2.45) is 0 Å². The molecule has 0 spiro atoms. The zero-order valence-corrected chi connectivity index (χ0v) is 22.8. The van der Waals surface area contributed by atoms with Crippen LogP contribution in [0.25, 0.3) is 11.3 Å². The van der Waals surface area contributed by atoms with Gasteiger partial charge < -0.3 is 19.5 Å². The standard InChI is InChI=1S/C32H29F3N2O5/c1-2-40-31(39)29(42-27-16-12-25(13-17-27)32(33,34)35)21-22-6-14-26(15-7-22)41-20-19-37-30(38)24-10-8-23(9-11-24)28-5-3-4-18-36-28/h3-18,29H,2,19-21H2,1H3,(H,37,38). The van der Waals surface area contributed by atoms with E-state index in [4.69, 9.17) is 14.2 Å². The summed E-state index contributed by atoms with van der Waals surface area (Å²) in [7, 11) is 0. The van der Waals surface area contributed by atoms with E-state index in [2.05, 4.69) is 10.3 Å². The van der Waals surface area contributed by atoms with Crippen LogP contribution >= 0.6 is 0 Å². The van der Waals surface area contributed by atoms with E-state index in [0.29, 0.717) is 11.3 Å². The van der Waals surface area contributed by atoms with Crippen LogP contribution in [-0.4, -0.2) is 42.7 Å². The van der Waals surface area contributed by atoms with Gasteiger partial charge >= 0.3 is 12.1 Å². The van der Waals surface area contributed by atoms with Crippen molar-refractivity contribution in [3.8, 4) is 22.8 Å². The number of esters is 1. The highest BCUT2D eigenvalue weighted by molar-refractivity contribution is 5.94. The third-order valence-electron chi connectivity index (χ3n) is 6.12. The minimum absolute atomic E-state index is 0.118. The summed E-state index contributed by atoms with van der Waals surface area (Å²) in [6, 6.07) is 23.9. The van der Waals surface area contributed by atoms with E-state index < -0.39 is 23.8 Å². The summed E-state index contributed by atoms with van der Waals surface area (Å²) in [6.07, 6.45) is -3.68. The Kier molecular flexibility index (Phi) is 10.1. The third kappa shape index (κ3) is 8.57. The molecule has 42 heavy (non-hydrogen) atoms. The Balaban J connectivity index is 1.26. The molecule has 1 aromatic heterocycles. The van der Waals surface area contributed by atoms with Crippen molar-refractivity contribution in [3.05, 3.63) is 114 Å². The summed E-state index contributed by atoms with van der Waals surface area (Å²) in [5.41, 5.74) is 2.18. The molecule has 0 aliphatic rings. The molecule has 10 heteroatoms. The number of alkyl halides is 3. The van der Waals surface area contributed by atoms with Crippen LogP contribution in [0.4, 0.5) is 13.2 Å². The van der Waals surface area contributed by atoms with Crippen LogP contribution in [0.1, 0.15) is 28.4 Å². The number of aromatic nitrogens is 1. The maximum atomic E-state index is 12.9. The zero-order chi connectivity index (χ0) is 30.0. The Morgan fingerprint density at radius 2 is 1.57 bits per heavy atom. The number of carbonyl (C=O) groups excluding carboxylic acids is 2. The van der Waals surface area contributed by atoms with Gasteiger partial charge in [-0.2, -0.15) is 13.2 Å². The highest BCUT2D eigenvalue weighted by atomic mass is 19.4. The molecular formula is C32H29F3N2O5. The van der Waals surface area contributed by atoms with Gasteiger partial charge in [-0.25, -0.2) is 4.79 Å². The molecule has 4 rings (SSSR count). The van der Waals surface area contributed by atoms with Crippen molar-refractivity contribution in [1.29, 1.82) is 0 Å². The summed E-state index contributed by atoms with van der Waals surface area (Å²) in [5.74, 6) is -0.171. The van der Waals surface area contributed by atoms with Crippen LogP contribution in [0, 0.1) is 0 Å². The second-order valence-corrected chi connectivity index (χ2v) is 9.13. The van der Waals surface area contributed by atoms with Crippen LogP contribution in [-0.2, 0) is 22.1 Å². The van der Waals surface area contributed by atoms with Crippen LogP contribution in [0.15, 0.2) is 97.2 Å². The molecule has 1 N–H and O–H groups in total. The predicted octanol–water partition coefficient (Wildman–Crippen LogP) is 6.13. The van der Waals surface area contributed by atoms with Crippen molar-refractivity contribution in [2.45, 2.75) is 25.6 Å². The number of carbonyl (C=O) groups is 2. The normalized spacial score (nSPS) is 11.8. The third-order valence-corrected chi connectivity index (χ3v) is 6.12. The van der Waals surface area contributed by atoms with Gasteiger partial charge in [0.1, 0.15) is 18.1 Å². The molecule has 0 saturated heterocycles. The smallest absolute Gasteiger partial charge is 0.416 e. The molecule has 1 unspecified atom stereocenters. The van der Waals surface area contributed by atoms with Crippen LogP contribution < -0.4 is 14.8 Å². The van der Waals surface area contributed by atoms with Crippen molar-refractivity contribution in [3.63, 3.8) is 0 Å². The lowest BCUT2D eigenvalue weighted by Crippen LogP contribution is -2.31. The fourth-order valence-electron chi connectivity index (χ4n) is 3.99. The molecule has 3 aromatic carbocycles. The highest BCUT2D eigenvalue weighted by Gasteiger charge is 2.30. The Hall–Kier alpha value is -4.86. The molecule has 0 aliphatic carbocycles. The monoisotopic (exact) mass is 578 g/mol. The number of nitrogens with zero attached hydrogens (tertiary/aromatic N) is 1. The van der Waals surface area contributed by atoms with Gasteiger partial charge in [0.25, 0.3) is 5.91 Å². The van der Waals surface area contributed by atoms with Gasteiger partial charge in [0.2, 0.25) is 0 Å². The van der Waals surface area contributed by atoms with Gasteiger partial charge in [0, 0.05) is 23.7 Å². The number of benzene rings is 3. The van der Waals surface area contributed by atoms with Crippen molar-refractivity contribution >= 4 is 11.9 Å². The van der Waals surface area contributed by atoms with Crippen LogP contribution in [0.5, 0.6) is 11.5 Å². The summed E-state index contributed by atoms with van der Waals surface area (Å²) >= 11 is 0. The molecule has 1 atom stereocenters. The molecule has 0 fully saturated rings. The molecule has 218 valence electrons. The number of ether oxygens (including phenoxy) is 3. The number of nitrogens with one attached hydrogen (secondary N) is 1. The molecule has 0 radical (unpaired) electrons. The topological polar surface area (TPSA) is 86.8 Å². The van der Waals surface area contributed by atoms with Crippen molar-refractivity contribution in [1.82, 2.24) is 10.3 Å². The van der Waals surface area contributed by atoms with Gasteiger partial charge in [0.15, 0.2) is 6.10 Å². The Labute approximate surface area is 241 Å². The van der Waals surface area contributed by atoms with Crippen LogP contribution in [0.3, 0.4) is 0 Å². The number of amides is 1. The van der Waals surface area contributed by atoms with E-state index in [1.807, 2.05) is 30.3 Å². The number of hydrogen-bond acceptors (Lipinski definition) is 6. The van der Waals surface area contributed by atoms with Gasteiger partial charge in [-0.15, -0.1) is 0 Å². The second kappa shape index (κ2) is 14.2. The van der Waals surface area contributed by atoms with Gasteiger partial charge in [-0.05, 0) is 73.2 Å².